The van der Waals surface area contributed by atoms with Crippen LogP contribution in [0.1, 0.15) is 11.1 Å². The number of halogens is 2. The number of aliphatic hydroxyl groups excluding tert-OH is 1. The maximum absolute atomic E-state index is 14.2. The quantitative estimate of drug-likeness (QED) is 0.537. The van der Waals surface area contributed by atoms with Crippen molar-refractivity contribution in [2.75, 3.05) is 6.61 Å². The first-order valence-electron chi connectivity index (χ1n) is 9.41. The van der Waals surface area contributed by atoms with E-state index in [4.69, 9.17) is 14.2 Å². The normalized spacial score (nSPS) is 22.6. The Morgan fingerprint density at radius 1 is 0.935 bits per heavy atom. The van der Waals surface area contributed by atoms with Gasteiger partial charge in [0.2, 0.25) is 6.29 Å². The number of ether oxygens (including phenoxy) is 3. The van der Waals surface area contributed by atoms with Crippen LogP contribution < -0.4 is 0 Å². The van der Waals surface area contributed by atoms with Crippen molar-refractivity contribution < 1.29 is 37.7 Å². The summed E-state index contributed by atoms with van der Waals surface area (Å²) in [7, 11) is 0. The lowest BCUT2D eigenvalue weighted by atomic mass is 10.1. The summed E-state index contributed by atoms with van der Waals surface area (Å²) in [5.41, 5.74) is 1.42. The molecule has 8 heteroatoms. The smallest absolute Gasteiger partial charge is 0.336 e. The van der Waals surface area contributed by atoms with Crippen molar-refractivity contribution in [3.63, 3.8) is 0 Å². The first-order valence-corrected chi connectivity index (χ1v) is 9.41. The molecule has 0 aromatic heterocycles. The topological polar surface area (TPSA) is 82.1 Å². The van der Waals surface area contributed by atoms with Gasteiger partial charge in [-0.05, 0) is 23.3 Å². The number of rotatable bonds is 7. The van der Waals surface area contributed by atoms with Gasteiger partial charge in [-0.3, -0.25) is 0 Å². The van der Waals surface area contributed by atoms with E-state index in [1.165, 1.54) is 12.2 Å². The second-order valence-corrected chi connectivity index (χ2v) is 6.68. The van der Waals surface area contributed by atoms with Crippen LogP contribution in [0.5, 0.6) is 0 Å². The molecule has 1 aliphatic heterocycles. The van der Waals surface area contributed by atoms with Crippen LogP contribution in [0, 0.1) is 0 Å². The van der Waals surface area contributed by atoms with Gasteiger partial charge in [0.25, 0.3) is 0 Å². The maximum atomic E-state index is 14.2. The Bertz CT molecular complexity index is 943. The highest BCUT2D eigenvalue weighted by Gasteiger charge is 2.61. The van der Waals surface area contributed by atoms with Crippen molar-refractivity contribution in [3.05, 3.63) is 83.9 Å². The van der Waals surface area contributed by atoms with Crippen LogP contribution in [0.3, 0.4) is 0 Å². The number of hydrogen-bond donors (Lipinski definition) is 1. The second-order valence-electron chi connectivity index (χ2n) is 6.68. The van der Waals surface area contributed by atoms with Crippen LogP contribution in [0.2, 0.25) is 0 Å². The molecule has 6 nitrogen and oxygen atoms in total. The Morgan fingerprint density at radius 3 is 2.00 bits per heavy atom. The molecule has 0 amide bonds. The van der Waals surface area contributed by atoms with Gasteiger partial charge in [0, 0.05) is 12.2 Å². The number of alkyl halides is 2. The van der Waals surface area contributed by atoms with Gasteiger partial charge in [0.05, 0.1) is 0 Å². The standard InChI is InChI=1S/C23H20F2O6/c24-23(25)21(31-20(27)14-12-17-9-5-2-6-10-17)18(30-22(23)28)15-29-19(26)13-11-16-7-3-1-4-8-16/h1-14,18,21-22,28H,15H2/b13-11+,14-12+/t18-,21-,22?/m1/s1. The first-order chi connectivity index (χ1) is 14.9. The predicted molar refractivity (Wildman–Crippen MR) is 108 cm³/mol. The van der Waals surface area contributed by atoms with E-state index in [9.17, 15) is 23.5 Å². The van der Waals surface area contributed by atoms with E-state index >= 15 is 0 Å². The van der Waals surface area contributed by atoms with Crippen molar-refractivity contribution in [3.8, 4) is 0 Å². The van der Waals surface area contributed by atoms with Crippen LogP contribution in [-0.2, 0) is 23.8 Å². The SMILES string of the molecule is O=C(/C=C/c1ccccc1)OC[C@H]1OC(O)C(F)(F)[C@@H]1OC(=O)/C=C/c1ccccc1. The molecule has 1 fully saturated rings. The first kappa shape index (κ1) is 22.3. The zero-order valence-corrected chi connectivity index (χ0v) is 16.3. The molecule has 1 heterocycles. The van der Waals surface area contributed by atoms with E-state index in [1.54, 1.807) is 54.6 Å². The molecule has 1 N–H and O–H groups in total. The summed E-state index contributed by atoms with van der Waals surface area (Å²) in [5.74, 6) is -5.72. The fraction of sp³-hybridized carbons (Fsp3) is 0.217. The third kappa shape index (κ3) is 6.07. The number of esters is 2. The fourth-order valence-corrected chi connectivity index (χ4v) is 2.83. The average Bonchev–Trinajstić information content (AvgIpc) is 2.99. The van der Waals surface area contributed by atoms with E-state index in [0.717, 1.165) is 17.7 Å². The minimum Gasteiger partial charge on any atom is -0.460 e. The van der Waals surface area contributed by atoms with E-state index in [2.05, 4.69) is 0 Å². The minimum atomic E-state index is -3.87. The average molecular weight is 430 g/mol. The van der Waals surface area contributed by atoms with Gasteiger partial charge in [0.1, 0.15) is 12.7 Å². The van der Waals surface area contributed by atoms with E-state index in [0.29, 0.717) is 5.56 Å². The summed E-state index contributed by atoms with van der Waals surface area (Å²) in [5, 5.41) is 9.50. The van der Waals surface area contributed by atoms with Crippen molar-refractivity contribution >= 4 is 24.1 Å². The summed E-state index contributed by atoms with van der Waals surface area (Å²) >= 11 is 0. The number of benzene rings is 2. The van der Waals surface area contributed by atoms with Gasteiger partial charge in [0.15, 0.2) is 6.10 Å². The Balaban J connectivity index is 1.59. The molecule has 0 spiro atoms. The summed E-state index contributed by atoms with van der Waals surface area (Å²) in [6, 6.07) is 17.6. The van der Waals surface area contributed by atoms with Crippen molar-refractivity contribution in [2.24, 2.45) is 0 Å². The van der Waals surface area contributed by atoms with Crippen molar-refractivity contribution in [1.29, 1.82) is 0 Å². The Kier molecular flexibility index (Phi) is 7.28. The molecule has 31 heavy (non-hydrogen) atoms. The van der Waals surface area contributed by atoms with E-state index < -0.39 is 43.0 Å². The lowest BCUT2D eigenvalue weighted by molar-refractivity contribution is -0.204. The highest BCUT2D eigenvalue weighted by atomic mass is 19.3. The molecule has 0 aliphatic carbocycles. The largest absolute Gasteiger partial charge is 0.460 e. The Morgan fingerprint density at radius 2 is 1.45 bits per heavy atom. The fourth-order valence-electron chi connectivity index (χ4n) is 2.83. The van der Waals surface area contributed by atoms with Gasteiger partial charge in [-0.2, -0.15) is 8.78 Å². The number of carbonyl (C=O) groups excluding carboxylic acids is 2. The molecular formula is C23H20F2O6. The highest BCUT2D eigenvalue weighted by molar-refractivity contribution is 5.87. The zero-order valence-electron chi connectivity index (χ0n) is 16.3. The molecule has 3 rings (SSSR count). The third-order valence-electron chi connectivity index (χ3n) is 4.41. The van der Waals surface area contributed by atoms with Crippen LogP contribution in [0.4, 0.5) is 8.78 Å². The number of carbonyl (C=O) groups is 2. The molecular weight excluding hydrogens is 410 g/mol. The molecule has 1 aliphatic rings. The maximum Gasteiger partial charge on any atom is 0.336 e. The highest BCUT2D eigenvalue weighted by Crippen LogP contribution is 2.37. The van der Waals surface area contributed by atoms with Crippen LogP contribution in [0.25, 0.3) is 12.2 Å². The molecule has 1 saturated heterocycles. The van der Waals surface area contributed by atoms with Crippen LogP contribution in [-0.4, -0.2) is 48.1 Å². The molecule has 2 aromatic rings. The molecule has 0 radical (unpaired) electrons. The molecule has 0 bridgehead atoms. The van der Waals surface area contributed by atoms with E-state index in [1.807, 2.05) is 6.07 Å². The van der Waals surface area contributed by atoms with Crippen LogP contribution in [0.15, 0.2) is 72.8 Å². The second kappa shape index (κ2) is 10.1. The predicted octanol–water partition coefficient (Wildman–Crippen LogP) is 3.22. The summed E-state index contributed by atoms with van der Waals surface area (Å²) in [6.45, 7) is -0.634. The lowest BCUT2D eigenvalue weighted by Gasteiger charge is -2.21. The van der Waals surface area contributed by atoms with Gasteiger partial charge >= 0.3 is 17.9 Å². The number of aliphatic hydroxyl groups is 1. The van der Waals surface area contributed by atoms with E-state index in [-0.39, 0.29) is 0 Å². The lowest BCUT2D eigenvalue weighted by Crippen LogP contribution is -2.44. The zero-order chi connectivity index (χ0) is 22.3. The third-order valence-corrected chi connectivity index (χ3v) is 4.41. The minimum absolute atomic E-state index is 0.634. The molecule has 162 valence electrons. The number of hydrogen-bond acceptors (Lipinski definition) is 6. The van der Waals surface area contributed by atoms with Crippen molar-refractivity contribution in [2.45, 2.75) is 24.4 Å². The van der Waals surface area contributed by atoms with Crippen molar-refractivity contribution in [1.82, 2.24) is 0 Å². The summed E-state index contributed by atoms with van der Waals surface area (Å²) in [4.78, 5) is 23.9. The molecule has 0 saturated carbocycles. The van der Waals surface area contributed by atoms with Crippen LogP contribution >= 0.6 is 0 Å². The van der Waals surface area contributed by atoms with Gasteiger partial charge in [-0.25, -0.2) is 9.59 Å². The van der Waals surface area contributed by atoms with Gasteiger partial charge < -0.3 is 19.3 Å². The molecule has 3 atom stereocenters. The Labute approximate surface area is 177 Å². The Hall–Kier alpha value is -3.36. The summed E-state index contributed by atoms with van der Waals surface area (Å²) < 4.78 is 43.0. The molecule has 2 aromatic carbocycles. The monoisotopic (exact) mass is 430 g/mol. The molecule has 1 unspecified atom stereocenters. The van der Waals surface area contributed by atoms with Gasteiger partial charge in [-0.15, -0.1) is 0 Å². The summed E-state index contributed by atoms with van der Waals surface area (Å²) in [6.07, 6.45) is -1.14. The van der Waals surface area contributed by atoms with Gasteiger partial charge in [-0.1, -0.05) is 60.7 Å².